The molecule has 0 bridgehead atoms. The van der Waals surface area contributed by atoms with Crippen LogP contribution < -0.4 is 11.3 Å². The van der Waals surface area contributed by atoms with E-state index in [1.54, 1.807) is 0 Å². The molecule has 0 aromatic heterocycles. The Morgan fingerprint density at radius 3 is 2.60 bits per heavy atom. The van der Waals surface area contributed by atoms with Crippen LogP contribution in [0.2, 0.25) is 0 Å². The average Bonchev–Trinajstić information content (AvgIpc) is 2.24. The normalized spacial score (nSPS) is 14.7. The fourth-order valence-electron chi connectivity index (χ4n) is 1.22. The summed E-state index contributed by atoms with van der Waals surface area (Å²) in [5.41, 5.74) is 2.11. The summed E-state index contributed by atoms with van der Waals surface area (Å²) in [6, 6.07) is 0. The summed E-state index contributed by atoms with van der Waals surface area (Å²) in [5.74, 6) is 4.79. The molecule has 5 nitrogen and oxygen atoms in total. The molecular formula is C10H22N2O3. The largest absolute Gasteiger partial charge is 0.379 e. The first-order valence-corrected chi connectivity index (χ1v) is 5.39. The van der Waals surface area contributed by atoms with E-state index in [4.69, 9.17) is 15.3 Å². The Morgan fingerprint density at radius 2 is 2.13 bits per heavy atom. The minimum absolute atomic E-state index is 0.0983. The number of hydrazine groups is 1. The van der Waals surface area contributed by atoms with E-state index in [-0.39, 0.29) is 12.0 Å². The number of hydrogen-bond acceptors (Lipinski definition) is 4. The van der Waals surface area contributed by atoms with Gasteiger partial charge in [0.05, 0.1) is 12.7 Å². The molecule has 2 unspecified atom stereocenters. The molecule has 2 atom stereocenters. The molecule has 0 saturated heterocycles. The molecule has 0 aliphatic carbocycles. The maximum atomic E-state index is 11.3. The van der Waals surface area contributed by atoms with Gasteiger partial charge in [0.15, 0.2) is 0 Å². The molecule has 0 spiro atoms. The van der Waals surface area contributed by atoms with E-state index < -0.39 is 6.10 Å². The van der Waals surface area contributed by atoms with E-state index in [2.05, 4.69) is 5.43 Å². The SMILES string of the molecule is CCCC(OC(C)COCC)C(=O)NN. The average molecular weight is 218 g/mol. The van der Waals surface area contributed by atoms with Crippen LogP contribution in [0.25, 0.3) is 0 Å². The summed E-state index contributed by atoms with van der Waals surface area (Å²) >= 11 is 0. The van der Waals surface area contributed by atoms with Crippen LogP contribution in [0.5, 0.6) is 0 Å². The number of hydrogen-bond donors (Lipinski definition) is 2. The standard InChI is InChI=1S/C10H22N2O3/c1-4-6-9(10(13)12-11)15-8(3)7-14-5-2/h8-9H,4-7,11H2,1-3H3,(H,12,13). The fraction of sp³-hybridized carbons (Fsp3) is 0.900. The maximum Gasteiger partial charge on any atom is 0.263 e. The summed E-state index contributed by atoms with van der Waals surface area (Å²) in [6.45, 7) is 6.93. The van der Waals surface area contributed by atoms with E-state index in [1.807, 2.05) is 20.8 Å². The van der Waals surface area contributed by atoms with Crippen molar-refractivity contribution in [1.29, 1.82) is 0 Å². The second kappa shape index (κ2) is 8.64. The van der Waals surface area contributed by atoms with Gasteiger partial charge in [0.2, 0.25) is 0 Å². The summed E-state index contributed by atoms with van der Waals surface area (Å²) in [4.78, 5) is 11.3. The summed E-state index contributed by atoms with van der Waals surface area (Å²) in [7, 11) is 0. The van der Waals surface area contributed by atoms with Crippen molar-refractivity contribution in [3.05, 3.63) is 0 Å². The van der Waals surface area contributed by atoms with E-state index in [1.165, 1.54) is 0 Å². The summed E-state index contributed by atoms with van der Waals surface area (Å²) in [5, 5.41) is 0. The van der Waals surface area contributed by atoms with Gasteiger partial charge in [0, 0.05) is 6.61 Å². The number of carbonyl (C=O) groups excluding carboxylic acids is 1. The Kier molecular flexibility index (Phi) is 8.27. The van der Waals surface area contributed by atoms with Crippen LogP contribution in [0.4, 0.5) is 0 Å². The highest BCUT2D eigenvalue weighted by Crippen LogP contribution is 2.06. The number of nitrogens with one attached hydrogen (secondary N) is 1. The topological polar surface area (TPSA) is 73.6 Å². The molecule has 3 N–H and O–H groups in total. The number of amides is 1. The lowest BCUT2D eigenvalue weighted by Crippen LogP contribution is -2.42. The van der Waals surface area contributed by atoms with Gasteiger partial charge in [0.1, 0.15) is 6.10 Å². The molecule has 0 aromatic rings. The first-order valence-electron chi connectivity index (χ1n) is 5.39. The molecule has 90 valence electrons. The lowest BCUT2D eigenvalue weighted by Gasteiger charge is -2.20. The van der Waals surface area contributed by atoms with E-state index in [0.717, 1.165) is 6.42 Å². The molecule has 0 fully saturated rings. The Bertz CT molecular complexity index is 176. The van der Waals surface area contributed by atoms with Crippen LogP contribution >= 0.6 is 0 Å². The molecule has 5 heteroatoms. The first-order chi connectivity index (χ1) is 7.15. The number of ether oxygens (including phenoxy) is 2. The van der Waals surface area contributed by atoms with Crippen molar-refractivity contribution < 1.29 is 14.3 Å². The number of carbonyl (C=O) groups is 1. The third kappa shape index (κ3) is 6.43. The number of rotatable bonds is 8. The van der Waals surface area contributed by atoms with Gasteiger partial charge in [-0.05, 0) is 20.3 Å². The zero-order valence-corrected chi connectivity index (χ0v) is 9.79. The Balaban J connectivity index is 3.97. The predicted octanol–water partition coefficient (Wildman–Crippen LogP) is 0.587. The van der Waals surface area contributed by atoms with E-state index in [0.29, 0.717) is 19.6 Å². The van der Waals surface area contributed by atoms with E-state index in [9.17, 15) is 4.79 Å². The minimum Gasteiger partial charge on any atom is -0.379 e. The van der Waals surface area contributed by atoms with Crippen LogP contribution in [0.15, 0.2) is 0 Å². The van der Waals surface area contributed by atoms with Crippen molar-refractivity contribution >= 4 is 5.91 Å². The van der Waals surface area contributed by atoms with Crippen LogP contribution in [0, 0.1) is 0 Å². The lowest BCUT2D eigenvalue weighted by atomic mass is 10.2. The van der Waals surface area contributed by atoms with Crippen LogP contribution in [-0.4, -0.2) is 31.3 Å². The second-order valence-electron chi connectivity index (χ2n) is 3.39. The second-order valence-corrected chi connectivity index (χ2v) is 3.39. The molecule has 0 aliphatic heterocycles. The highest BCUT2D eigenvalue weighted by Gasteiger charge is 2.19. The van der Waals surface area contributed by atoms with Crippen molar-refractivity contribution in [1.82, 2.24) is 5.43 Å². The Hall–Kier alpha value is -0.650. The molecule has 0 radical (unpaired) electrons. The Labute approximate surface area is 91.3 Å². The molecule has 15 heavy (non-hydrogen) atoms. The molecule has 0 rings (SSSR count). The predicted molar refractivity (Wildman–Crippen MR) is 58.1 cm³/mol. The minimum atomic E-state index is -0.476. The van der Waals surface area contributed by atoms with Gasteiger partial charge in [-0.2, -0.15) is 0 Å². The maximum absolute atomic E-state index is 11.3. The molecule has 0 heterocycles. The summed E-state index contributed by atoms with van der Waals surface area (Å²) < 4.78 is 10.7. The van der Waals surface area contributed by atoms with Gasteiger partial charge in [0.25, 0.3) is 5.91 Å². The smallest absolute Gasteiger partial charge is 0.263 e. The molecule has 0 aromatic carbocycles. The zero-order chi connectivity index (χ0) is 11.7. The van der Waals surface area contributed by atoms with Gasteiger partial charge < -0.3 is 9.47 Å². The van der Waals surface area contributed by atoms with Crippen LogP contribution in [-0.2, 0) is 14.3 Å². The molecular weight excluding hydrogens is 196 g/mol. The quantitative estimate of drug-likeness (QED) is 0.355. The third-order valence-electron chi connectivity index (χ3n) is 1.94. The van der Waals surface area contributed by atoms with Crippen molar-refractivity contribution in [2.75, 3.05) is 13.2 Å². The van der Waals surface area contributed by atoms with E-state index >= 15 is 0 Å². The van der Waals surface area contributed by atoms with Gasteiger partial charge in [-0.25, -0.2) is 5.84 Å². The fourth-order valence-corrected chi connectivity index (χ4v) is 1.22. The highest BCUT2D eigenvalue weighted by atomic mass is 16.5. The van der Waals surface area contributed by atoms with Gasteiger partial charge in [-0.3, -0.25) is 10.2 Å². The van der Waals surface area contributed by atoms with Gasteiger partial charge in [-0.15, -0.1) is 0 Å². The monoisotopic (exact) mass is 218 g/mol. The van der Waals surface area contributed by atoms with Crippen LogP contribution in [0.1, 0.15) is 33.6 Å². The van der Waals surface area contributed by atoms with Crippen molar-refractivity contribution in [3.63, 3.8) is 0 Å². The third-order valence-corrected chi connectivity index (χ3v) is 1.94. The molecule has 0 aliphatic rings. The van der Waals surface area contributed by atoms with Gasteiger partial charge in [-0.1, -0.05) is 13.3 Å². The zero-order valence-electron chi connectivity index (χ0n) is 9.79. The highest BCUT2D eigenvalue weighted by molar-refractivity contribution is 5.80. The lowest BCUT2D eigenvalue weighted by molar-refractivity contribution is -0.139. The summed E-state index contributed by atoms with van der Waals surface area (Å²) in [6.07, 6.45) is 0.966. The van der Waals surface area contributed by atoms with Gasteiger partial charge >= 0.3 is 0 Å². The van der Waals surface area contributed by atoms with Crippen molar-refractivity contribution in [3.8, 4) is 0 Å². The molecule has 1 amide bonds. The Morgan fingerprint density at radius 1 is 1.47 bits per heavy atom. The van der Waals surface area contributed by atoms with Crippen LogP contribution in [0.3, 0.4) is 0 Å². The van der Waals surface area contributed by atoms with Crippen molar-refractivity contribution in [2.45, 2.75) is 45.8 Å². The first kappa shape index (κ1) is 14.3. The molecule has 0 saturated carbocycles. The van der Waals surface area contributed by atoms with Crippen molar-refractivity contribution in [2.24, 2.45) is 5.84 Å². The number of nitrogens with two attached hydrogens (primary N) is 1.